The van der Waals surface area contributed by atoms with Gasteiger partial charge in [0.1, 0.15) is 17.1 Å². The molecule has 5 heteroatoms. The van der Waals surface area contributed by atoms with Crippen LogP contribution in [-0.4, -0.2) is 7.11 Å². The largest absolute Gasteiger partial charge is 0.497 e. The molecular weight excluding hydrogens is 230 g/mol. The molecule has 0 spiro atoms. The van der Waals surface area contributed by atoms with E-state index >= 15 is 0 Å². The van der Waals surface area contributed by atoms with Gasteiger partial charge in [0.25, 0.3) is 0 Å². The minimum absolute atomic E-state index is 0. The summed E-state index contributed by atoms with van der Waals surface area (Å²) in [5.41, 5.74) is 5.84. The third-order valence-corrected chi connectivity index (χ3v) is 2.19. The number of benzene rings is 1. The van der Waals surface area contributed by atoms with Crippen molar-refractivity contribution in [2.75, 3.05) is 7.11 Å². The Morgan fingerprint density at radius 1 is 1.38 bits per heavy atom. The fourth-order valence-electron chi connectivity index (χ4n) is 1.41. The Morgan fingerprint density at radius 2 is 2.12 bits per heavy atom. The molecule has 4 nitrogen and oxygen atoms in total. The number of methoxy groups -OCH3 is 1. The highest BCUT2D eigenvalue weighted by molar-refractivity contribution is 5.85. The van der Waals surface area contributed by atoms with E-state index in [1.807, 2.05) is 0 Å². The van der Waals surface area contributed by atoms with Crippen LogP contribution in [0, 0.1) is 0 Å². The van der Waals surface area contributed by atoms with Crippen LogP contribution >= 0.6 is 12.4 Å². The van der Waals surface area contributed by atoms with E-state index in [0.29, 0.717) is 22.5 Å². The van der Waals surface area contributed by atoms with Crippen LogP contribution in [0.2, 0.25) is 0 Å². The highest BCUT2D eigenvalue weighted by Gasteiger charge is 2.04. The first-order valence-corrected chi connectivity index (χ1v) is 4.55. The molecule has 0 radical (unpaired) electrons. The van der Waals surface area contributed by atoms with Crippen molar-refractivity contribution in [2.45, 2.75) is 6.54 Å². The monoisotopic (exact) mass is 241 g/mol. The second-order valence-corrected chi connectivity index (χ2v) is 3.14. The molecule has 1 aromatic carbocycles. The highest BCUT2D eigenvalue weighted by Crippen LogP contribution is 2.18. The minimum Gasteiger partial charge on any atom is -0.497 e. The lowest BCUT2D eigenvalue weighted by atomic mass is 10.2. The number of hydrogen-bond acceptors (Lipinski definition) is 4. The molecule has 1 heterocycles. The number of rotatable bonds is 2. The molecule has 0 aliphatic carbocycles. The lowest BCUT2D eigenvalue weighted by Crippen LogP contribution is -2.05. The van der Waals surface area contributed by atoms with E-state index in [2.05, 4.69) is 0 Å². The van der Waals surface area contributed by atoms with E-state index < -0.39 is 0 Å². The van der Waals surface area contributed by atoms with Crippen molar-refractivity contribution in [1.29, 1.82) is 0 Å². The molecule has 1 aromatic heterocycles. The molecule has 0 aliphatic heterocycles. The molecule has 2 aromatic rings. The minimum atomic E-state index is -0.101. The Kier molecular flexibility index (Phi) is 3.93. The van der Waals surface area contributed by atoms with Gasteiger partial charge in [-0.05, 0) is 18.2 Å². The predicted molar refractivity (Wildman–Crippen MR) is 64.2 cm³/mol. The van der Waals surface area contributed by atoms with Gasteiger partial charge < -0.3 is 14.9 Å². The van der Waals surface area contributed by atoms with Crippen molar-refractivity contribution in [1.82, 2.24) is 0 Å². The Bertz CT molecular complexity index is 550. The topological polar surface area (TPSA) is 65.5 Å². The van der Waals surface area contributed by atoms with Crippen molar-refractivity contribution >= 4 is 23.4 Å². The Hall–Kier alpha value is -1.52. The van der Waals surface area contributed by atoms with E-state index in [9.17, 15) is 4.79 Å². The summed E-state index contributed by atoms with van der Waals surface area (Å²) in [7, 11) is 1.55. The zero-order chi connectivity index (χ0) is 10.8. The van der Waals surface area contributed by atoms with Crippen LogP contribution in [0.1, 0.15) is 5.76 Å². The summed E-state index contributed by atoms with van der Waals surface area (Å²) in [5.74, 6) is 1.12. The fraction of sp³-hybridized carbons (Fsp3) is 0.182. The SMILES string of the molecule is COc1ccc2oc(CN)cc(=O)c2c1.Cl. The van der Waals surface area contributed by atoms with Crippen LogP contribution in [-0.2, 0) is 6.54 Å². The van der Waals surface area contributed by atoms with Crippen LogP contribution in [0.5, 0.6) is 5.75 Å². The predicted octanol–water partition coefficient (Wildman–Crippen LogP) is 1.68. The first-order valence-electron chi connectivity index (χ1n) is 4.55. The lowest BCUT2D eigenvalue weighted by Gasteiger charge is -2.02. The van der Waals surface area contributed by atoms with Gasteiger partial charge in [0, 0.05) is 6.07 Å². The van der Waals surface area contributed by atoms with Crippen molar-refractivity contribution in [3.05, 3.63) is 40.2 Å². The molecule has 0 unspecified atom stereocenters. The molecule has 0 aliphatic rings. The quantitative estimate of drug-likeness (QED) is 0.869. The number of halogens is 1. The standard InChI is InChI=1S/C11H11NO3.ClH/c1-14-7-2-3-11-9(4-7)10(13)5-8(6-12)15-11;/h2-5H,6,12H2,1H3;1H. The lowest BCUT2D eigenvalue weighted by molar-refractivity contribution is 0.415. The van der Waals surface area contributed by atoms with E-state index in [1.165, 1.54) is 6.07 Å². The zero-order valence-corrected chi connectivity index (χ0v) is 9.54. The van der Waals surface area contributed by atoms with E-state index in [4.69, 9.17) is 14.9 Å². The van der Waals surface area contributed by atoms with Crippen LogP contribution in [0.4, 0.5) is 0 Å². The van der Waals surface area contributed by atoms with E-state index in [0.717, 1.165) is 0 Å². The second kappa shape index (κ2) is 5.01. The third-order valence-electron chi connectivity index (χ3n) is 2.19. The Balaban J connectivity index is 0.00000128. The number of hydrogen-bond donors (Lipinski definition) is 1. The molecule has 86 valence electrons. The van der Waals surface area contributed by atoms with Crippen molar-refractivity contribution < 1.29 is 9.15 Å². The number of nitrogens with two attached hydrogens (primary N) is 1. The Morgan fingerprint density at radius 3 is 2.75 bits per heavy atom. The number of fused-ring (bicyclic) bond motifs is 1. The van der Waals surface area contributed by atoms with E-state index in [-0.39, 0.29) is 24.4 Å². The molecular formula is C11H12ClNO3. The molecule has 0 saturated heterocycles. The third kappa shape index (κ3) is 2.18. The summed E-state index contributed by atoms with van der Waals surface area (Å²) in [4.78, 5) is 11.7. The molecule has 2 N–H and O–H groups in total. The van der Waals surface area contributed by atoms with Gasteiger partial charge >= 0.3 is 0 Å². The van der Waals surface area contributed by atoms with Gasteiger partial charge in [-0.25, -0.2) is 0 Å². The van der Waals surface area contributed by atoms with Gasteiger partial charge in [0.05, 0.1) is 19.0 Å². The molecule has 0 atom stereocenters. The molecule has 16 heavy (non-hydrogen) atoms. The molecule has 0 amide bonds. The average molecular weight is 242 g/mol. The zero-order valence-electron chi connectivity index (χ0n) is 8.73. The van der Waals surface area contributed by atoms with Gasteiger partial charge in [-0.3, -0.25) is 4.79 Å². The van der Waals surface area contributed by atoms with E-state index in [1.54, 1.807) is 25.3 Å². The van der Waals surface area contributed by atoms with Crippen LogP contribution < -0.4 is 15.9 Å². The summed E-state index contributed by atoms with van der Waals surface area (Å²) >= 11 is 0. The Labute approximate surface area is 98.4 Å². The van der Waals surface area contributed by atoms with Gasteiger partial charge in [0.2, 0.25) is 0 Å². The van der Waals surface area contributed by atoms with Crippen LogP contribution in [0.25, 0.3) is 11.0 Å². The molecule has 2 rings (SSSR count). The number of ether oxygens (including phenoxy) is 1. The summed E-state index contributed by atoms with van der Waals surface area (Å²) in [6.07, 6.45) is 0. The van der Waals surface area contributed by atoms with Gasteiger partial charge in [-0.15, -0.1) is 12.4 Å². The van der Waals surface area contributed by atoms with Crippen LogP contribution in [0.15, 0.2) is 33.5 Å². The maximum Gasteiger partial charge on any atom is 0.193 e. The molecule has 0 bridgehead atoms. The maximum absolute atomic E-state index is 11.7. The van der Waals surface area contributed by atoms with Crippen molar-refractivity contribution in [2.24, 2.45) is 5.73 Å². The average Bonchev–Trinajstić information content (AvgIpc) is 2.28. The van der Waals surface area contributed by atoms with Crippen molar-refractivity contribution in [3.8, 4) is 5.75 Å². The summed E-state index contributed by atoms with van der Waals surface area (Å²) in [5, 5.41) is 0.506. The van der Waals surface area contributed by atoms with Gasteiger partial charge in [-0.2, -0.15) is 0 Å². The summed E-state index contributed by atoms with van der Waals surface area (Å²) < 4.78 is 10.4. The first kappa shape index (κ1) is 12.5. The summed E-state index contributed by atoms with van der Waals surface area (Å²) in [6, 6.07) is 6.50. The molecule has 0 saturated carbocycles. The van der Waals surface area contributed by atoms with Gasteiger partial charge in [0.15, 0.2) is 5.43 Å². The second-order valence-electron chi connectivity index (χ2n) is 3.14. The normalized spacial score (nSPS) is 9.88. The highest BCUT2D eigenvalue weighted by atomic mass is 35.5. The van der Waals surface area contributed by atoms with Crippen LogP contribution in [0.3, 0.4) is 0 Å². The smallest absolute Gasteiger partial charge is 0.193 e. The molecule has 0 fully saturated rings. The van der Waals surface area contributed by atoms with Crippen molar-refractivity contribution in [3.63, 3.8) is 0 Å². The summed E-state index contributed by atoms with van der Waals surface area (Å²) in [6.45, 7) is 0.219. The first-order chi connectivity index (χ1) is 7.24. The van der Waals surface area contributed by atoms with Gasteiger partial charge in [-0.1, -0.05) is 0 Å². The fourth-order valence-corrected chi connectivity index (χ4v) is 1.41. The maximum atomic E-state index is 11.7.